The largest absolute Gasteiger partial charge is 0.457 e. The number of rotatable bonds is 7. The Morgan fingerprint density at radius 1 is 1.04 bits per heavy atom. The van der Waals surface area contributed by atoms with Crippen molar-refractivity contribution in [2.24, 2.45) is 45.3 Å². The third-order valence-electron chi connectivity index (χ3n) is 15.3. The van der Waals surface area contributed by atoms with E-state index in [-0.39, 0.29) is 47.7 Å². The van der Waals surface area contributed by atoms with Gasteiger partial charge in [-0.2, -0.15) is 0 Å². The number of morpholine rings is 1. The third kappa shape index (κ3) is 5.31. The first-order chi connectivity index (χ1) is 23.2. The Kier molecular flexibility index (Phi) is 8.28. The highest BCUT2D eigenvalue weighted by molar-refractivity contribution is 5.90. The second-order valence-corrected chi connectivity index (χ2v) is 18.6. The quantitative estimate of drug-likeness (QED) is 0.324. The standard InChI is InChI=1S/C41H59NO7.H2/c1-25(43)47-36(38(4,5)45)29-14-12-28-35(48-29)34(44)33-27-13-15-30-37(2,3)31(16-17-41(30)24-40(27,41)19-18-39(28,33)6)49-32-23-42(20-21-46-32)22-26-10-8-7-9-11-26;/h7-11,27-33,35-36,45H,12-24H2,1-6H3;1H/t27?,28?,29?,30?,31-,32?,33?,35?,36-,39+,40?,41+;/m0./s1. The Bertz CT molecular complexity index is 1450. The van der Waals surface area contributed by atoms with E-state index in [2.05, 4.69) is 56.0 Å². The molecule has 8 rings (SSSR count). The molecule has 1 N–H and O–H groups in total. The van der Waals surface area contributed by atoms with Crippen LogP contribution in [0.3, 0.4) is 0 Å². The smallest absolute Gasteiger partial charge is 0.303 e. The minimum Gasteiger partial charge on any atom is -0.457 e. The van der Waals surface area contributed by atoms with Crippen molar-refractivity contribution in [3.8, 4) is 0 Å². The molecule has 1 aromatic carbocycles. The number of carbonyl (C=O) groups excluding carboxylic acids is 2. The summed E-state index contributed by atoms with van der Waals surface area (Å²) in [5.41, 5.74) is 0.577. The van der Waals surface area contributed by atoms with E-state index in [9.17, 15) is 14.7 Å². The minimum absolute atomic E-state index is 0. The fourth-order valence-corrected chi connectivity index (χ4v) is 13.2. The number of ether oxygens (including phenoxy) is 4. The predicted octanol–water partition coefficient (Wildman–Crippen LogP) is 6.56. The first-order valence-electron chi connectivity index (χ1n) is 19.3. The number of aliphatic hydroxyl groups is 1. The van der Waals surface area contributed by atoms with Gasteiger partial charge < -0.3 is 24.1 Å². The van der Waals surface area contributed by atoms with Crippen LogP contribution in [0.2, 0.25) is 0 Å². The maximum Gasteiger partial charge on any atom is 0.303 e. The fraction of sp³-hybridized carbons (Fsp3) is 0.805. The lowest BCUT2D eigenvalue weighted by molar-refractivity contribution is -0.245. The van der Waals surface area contributed by atoms with E-state index in [4.69, 9.17) is 18.9 Å². The van der Waals surface area contributed by atoms with Gasteiger partial charge >= 0.3 is 5.97 Å². The molecule has 0 amide bonds. The highest BCUT2D eigenvalue weighted by atomic mass is 16.7. The molecule has 272 valence electrons. The zero-order valence-corrected chi connectivity index (χ0v) is 30.6. The molecule has 8 nitrogen and oxygen atoms in total. The molecule has 5 aliphatic carbocycles. The number of hydrogen-bond acceptors (Lipinski definition) is 8. The molecule has 49 heavy (non-hydrogen) atoms. The van der Waals surface area contributed by atoms with Crippen LogP contribution in [-0.4, -0.2) is 77.8 Å². The van der Waals surface area contributed by atoms with Crippen LogP contribution in [-0.2, 0) is 35.1 Å². The summed E-state index contributed by atoms with van der Waals surface area (Å²) in [6, 6.07) is 10.7. The second kappa shape index (κ2) is 11.8. The van der Waals surface area contributed by atoms with Crippen molar-refractivity contribution < 1.29 is 35.1 Å². The molecule has 5 saturated carbocycles. The lowest BCUT2D eigenvalue weighted by Crippen LogP contribution is -2.56. The van der Waals surface area contributed by atoms with E-state index in [1.54, 1.807) is 13.8 Å². The van der Waals surface area contributed by atoms with E-state index >= 15 is 0 Å². The maximum absolute atomic E-state index is 14.6. The lowest BCUT2D eigenvalue weighted by Gasteiger charge is -2.59. The van der Waals surface area contributed by atoms with Gasteiger partial charge in [0.15, 0.2) is 18.2 Å². The maximum atomic E-state index is 14.6. The van der Waals surface area contributed by atoms with Gasteiger partial charge in [-0.05, 0) is 117 Å². The predicted molar refractivity (Wildman–Crippen MR) is 186 cm³/mol. The van der Waals surface area contributed by atoms with E-state index in [0.29, 0.717) is 30.3 Å². The van der Waals surface area contributed by atoms with E-state index in [0.717, 1.165) is 51.7 Å². The van der Waals surface area contributed by atoms with Crippen LogP contribution in [0.1, 0.15) is 106 Å². The van der Waals surface area contributed by atoms with Crippen molar-refractivity contribution in [2.45, 2.75) is 142 Å². The normalized spacial score (nSPS) is 44.8. The number of benzene rings is 1. The first kappa shape index (κ1) is 34.3. The Labute approximate surface area is 294 Å². The number of fused-ring (bicyclic) bond motifs is 4. The van der Waals surface area contributed by atoms with Crippen LogP contribution < -0.4 is 0 Å². The summed E-state index contributed by atoms with van der Waals surface area (Å²) in [6.45, 7) is 15.3. The first-order valence-corrected chi connectivity index (χ1v) is 19.3. The van der Waals surface area contributed by atoms with Crippen molar-refractivity contribution in [3.63, 3.8) is 0 Å². The van der Waals surface area contributed by atoms with Gasteiger partial charge in [0, 0.05) is 33.9 Å². The highest BCUT2D eigenvalue weighted by Gasteiger charge is 2.82. The molecule has 1 aromatic rings. The number of hydrogen-bond donors (Lipinski definition) is 1. The van der Waals surface area contributed by atoms with Gasteiger partial charge in [-0.3, -0.25) is 14.5 Å². The molecule has 0 aromatic heterocycles. The number of carbonyl (C=O) groups is 2. The Hall–Kier alpha value is -1.84. The summed E-state index contributed by atoms with van der Waals surface area (Å²) in [7, 11) is 0. The van der Waals surface area contributed by atoms with Crippen molar-refractivity contribution in [1.82, 2.24) is 4.90 Å². The van der Waals surface area contributed by atoms with E-state index in [1.807, 2.05) is 0 Å². The molecular weight excluding hydrogens is 618 g/mol. The van der Waals surface area contributed by atoms with Crippen LogP contribution >= 0.6 is 0 Å². The molecule has 8 heteroatoms. The van der Waals surface area contributed by atoms with Crippen LogP contribution in [0.5, 0.6) is 0 Å². The zero-order valence-electron chi connectivity index (χ0n) is 30.6. The van der Waals surface area contributed by atoms with Crippen LogP contribution in [0, 0.1) is 45.3 Å². The number of nitrogens with zero attached hydrogens (tertiary/aromatic N) is 1. The molecule has 0 bridgehead atoms. The molecular formula is C41H61NO7. The third-order valence-corrected chi connectivity index (χ3v) is 15.3. The second-order valence-electron chi connectivity index (χ2n) is 18.6. The molecule has 2 spiro atoms. The summed E-state index contributed by atoms with van der Waals surface area (Å²) >= 11 is 0. The lowest BCUT2D eigenvalue weighted by atomic mass is 9.46. The van der Waals surface area contributed by atoms with Crippen molar-refractivity contribution in [3.05, 3.63) is 35.9 Å². The summed E-state index contributed by atoms with van der Waals surface area (Å²) in [6.07, 6.45) is 7.79. The van der Waals surface area contributed by atoms with Gasteiger partial charge in [-0.1, -0.05) is 51.1 Å². The van der Waals surface area contributed by atoms with E-state index < -0.39 is 29.9 Å². The molecule has 7 fully saturated rings. The Balaban J connectivity index is 0.00000392. The van der Waals surface area contributed by atoms with Gasteiger partial charge in [-0.25, -0.2) is 0 Å². The summed E-state index contributed by atoms with van der Waals surface area (Å²) in [5, 5.41) is 10.9. The molecule has 7 aliphatic rings. The van der Waals surface area contributed by atoms with Gasteiger partial charge in [-0.15, -0.1) is 0 Å². The molecule has 2 aliphatic heterocycles. The number of esters is 1. The Morgan fingerprint density at radius 3 is 2.53 bits per heavy atom. The number of ketones is 1. The van der Waals surface area contributed by atoms with Crippen LogP contribution in [0.15, 0.2) is 30.3 Å². The van der Waals surface area contributed by atoms with Crippen molar-refractivity contribution in [2.75, 3.05) is 19.7 Å². The molecule has 8 unspecified atom stereocenters. The molecule has 12 atom stereocenters. The van der Waals surface area contributed by atoms with Gasteiger partial charge in [0.05, 0.1) is 24.4 Å². The molecule has 0 radical (unpaired) electrons. The average Bonchev–Trinajstić information content (AvgIpc) is 3.66. The van der Waals surface area contributed by atoms with Crippen molar-refractivity contribution >= 4 is 11.8 Å². The summed E-state index contributed by atoms with van der Waals surface area (Å²) in [4.78, 5) is 29.0. The Morgan fingerprint density at radius 2 is 1.80 bits per heavy atom. The molecule has 2 heterocycles. The van der Waals surface area contributed by atoms with Gasteiger partial charge in [0.25, 0.3) is 0 Å². The van der Waals surface area contributed by atoms with E-state index in [1.165, 1.54) is 31.7 Å². The zero-order chi connectivity index (χ0) is 34.6. The SMILES string of the molecule is CC(=O)O[C@@H](C1CCC2C(O1)C(=O)C1C3CCC4C(C)(C)[C@@H](OC5CN(Cc6ccccc6)CCO5)CC[C@@]45CC35CC[C@]21C)C(C)(C)O.[HH]. The fourth-order valence-electron chi connectivity index (χ4n) is 13.2. The summed E-state index contributed by atoms with van der Waals surface area (Å²) in [5.74, 6) is 1.04. The van der Waals surface area contributed by atoms with Crippen LogP contribution in [0.25, 0.3) is 0 Å². The van der Waals surface area contributed by atoms with Crippen LogP contribution in [0.4, 0.5) is 0 Å². The highest BCUT2D eigenvalue weighted by Crippen LogP contribution is 2.87. The van der Waals surface area contributed by atoms with Crippen molar-refractivity contribution in [1.29, 1.82) is 0 Å². The molecule has 2 saturated heterocycles. The average molecular weight is 680 g/mol. The van der Waals surface area contributed by atoms with Gasteiger partial charge in [0.1, 0.15) is 6.10 Å². The summed E-state index contributed by atoms with van der Waals surface area (Å²) < 4.78 is 25.4. The van der Waals surface area contributed by atoms with Gasteiger partial charge in [0.2, 0.25) is 0 Å². The number of Topliss-reactive ketones (excluding diaryl/α,β-unsaturated/α-hetero) is 1. The minimum atomic E-state index is -1.26. The topological polar surface area (TPSA) is 94.5 Å². The monoisotopic (exact) mass is 679 g/mol.